The quantitative estimate of drug-likeness (QED) is 0.729. The van der Waals surface area contributed by atoms with Gasteiger partial charge in [0.2, 0.25) is 0 Å². The number of rotatable bonds is 4. The van der Waals surface area contributed by atoms with Gasteiger partial charge in [0.05, 0.1) is 6.61 Å². The van der Waals surface area contributed by atoms with Crippen molar-refractivity contribution < 1.29 is 4.52 Å². The van der Waals surface area contributed by atoms with Crippen molar-refractivity contribution in [2.24, 2.45) is 0 Å². The van der Waals surface area contributed by atoms with Crippen LogP contribution in [0, 0.1) is 0 Å². The first-order valence-electron chi connectivity index (χ1n) is 5.33. The Bertz CT molecular complexity index is 374. The van der Waals surface area contributed by atoms with Gasteiger partial charge in [0, 0.05) is 15.4 Å². The summed E-state index contributed by atoms with van der Waals surface area (Å²) in [5.74, 6) is 0.305. The smallest absolute Gasteiger partial charge is 0.0611 e. The molecule has 0 aliphatic carbocycles. The third kappa shape index (κ3) is 2.69. The van der Waals surface area contributed by atoms with Gasteiger partial charge in [0.15, 0.2) is 0 Å². The molecule has 2 heteroatoms. The predicted molar refractivity (Wildman–Crippen MR) is 70.4 cm³/mol. The van der Waals surface area contributed by atoms with E-state index in [1.165, 1.54) is 11.1 Å². The lowest BCUT2D eigenvalue weighted by molar-refractivity contribution is 0.353. The van der Waals surface area contributed by atoms with Gasteiger partial charge >= 0.3 is 0 Å². The van der Waals surface area contributed by atoms with Crippen molar-refractivity contribution in [1.82, 2.24) is 0 Å². The molecule has 2 rings (SSSR count). The Morgan fingerprint density at radius 3 is 1.62 bits per heavy atom. The molecule has 2 aromatic carbocycles. The second-order valence-corrected chi connectivity index (χ2v) is 4.04. The maximum atomic E-state index is 5.23. The third-order valence-corrected chi connectivity index (χ3v) is 2.86. The summed E-state index contributed by atoms with van der Waals surface area (Å²) in [5, 5.41) is 0. The molecular formula is C14H15OP. The van der Waals surface area contributed by atoms with Crippen LogP contribution in [0.15, 0.2) is 60.7 Å². The molecule has 0 N–H and O–H groups in total. The molecule has 0 saturated carbocycles. The molecule has 0 fully saturated rings. The SMILES string of the molecule is POCC(c1ccccc1)c1ccccc1. The van der Waals surface area contributed by atoms with Gasteiger partial charge in [0.25, 0.3) is 0 Å². The zero-order chi connectivity index (χ0) is 11.2. The molecule has 0 amide bonds. The van der Waals surface area contributed by atoms with Crippen molar-refractivity contribution in [3.63, 3.8) is 0 Å². The average molecular weight is 230 g/mol. The highest BCUT2D eigenvalue weighted by Crippen LogP contribution is 2.25. The van der Waals surface area contributed by atoms with E-state index < -0.39 is 0 Å². The fraction of sp³-hybridized carbons (Fsp3) is 0.143. The maximum absolute atomic E-state index is 5.23. The van der Waals surface area contributed by atoms with Gasteiger partial charge in [-0.2, -0.15) is 0 Å². The zero-order valence-electron chi connectivity index (χ0n) is 9.04. The van der Waals surface area contributed by atoms with Crippen LogP contribution in [0.4, 0.5) is 0 Å². The van der Waals surface area contributed by atoms with E-state index in [9.17, 15) is 0 Å². The van der Waals surface area contributed by atoms with Gasteiger partial charge in [-0.05, 0) is 11.1 Å². The molecule has 0 aliphatic heterocycles. The summed E-state index contributed by atoms with van der Waals surface area (Å²) in [4.78, 5) is 0. The predicted octanol–water partition coefficient (Wildman–Crippen LogP) is 3.63. The van der Waals surface area contributed by atoms with E-state index >= 15 is 0 Å². The van der Waals surface area contributed by atoms with E-state index in [1.54, 1.807) is 0 Å². The lowest BCUT2D eigenvalue weighted by Crippen LogP contribution is -2.06. The second-order valence-electron chi connectivity index (χ2n) is 3.71. The van der Waals surface area contributed by atoms with Crippen LogP contribution in [0.2, 0.25) is 0 Å². The summed E-state index contributed by atoms with van der Waals surface area (Å²) in [6, 6.07) is 20.9. The van der Waals surface area contributed by atoms with Crippen LogP contribution in [0.5, 0.6) is 0 Å². The third-order valence-electron chi connectivity index (χ3n) is 2.67. The summed E-state index contributed by atoms with van der Waals surface area (Å²) in [6.07, 6.45) is 0. The molecule has 2 aromatic rings. The van der Waals surface area contributed by atoms with Crippen molar-refractivity contribution in [3.8, 4) is 0 Å². The molecule has 0 spiro atoms. The Morgan fingerprint density at radius 2 is 1.25 bits per heavy atom. The Morgan fingerprint density at radius 1 is 0.812 bits per heavy atom. The van der Waals surface area contributed by atoms with Crippen LogP contribution in [-0.4, -0.2) is 6.61 Å². The summed E-state index contributed by atoms with van der Waals surface area (Å²) in [7, 11) is 2.32. The minimum Gasteiger partial charge on any atom is -0.365 e. The normalized spacial score (nSPS) is 10.6. The minimum absolute atomic E-state index is 0.305. The summed E-state index contributed by atoms with van der Waals surface area (Å²) < 4.78 is 5.23. The molecule has 0 saturated heterocycles. The maximum Gasteiger partial charge on any atom is 0.0611 e. The van der Waals surface area contributed by atoms with Crippen LogP contribution < -0.4 is 0 Å². The molecule has 1 unspecified atom stereocenters. The molecule has 1 nitrogen and oxygen atoms in total. The second kappa shape index (κ2) is 5.79. The van der Waals surface area contributed by atoms with Crippen LogP contribution in [-0.2, 0) is 4.52 Å². The largest absolute Gasteiger partial charge is 0.365 e. The van der Waals surface area contributed by atoms with Gasteiger partial charge in [-0.3, -0.25) is 0 Å². The Balaban J connectivity index is 2.31. The molecule has 0 aliphatic rings. The van der Waals surface area contributed by atoms with Crippen molar-refractivity contribution in [1.29, 1.82) is 0 Å². The van der Waals surface area contributed by atoms with Crippen LogP contribution in [0.1, 0.15) is 17.0 Å². The number of benzene rings is 2. The number of hydrogen-bond acceptors (Lipinski definition) is 1. The Hall–Kier alpha value is -1.17. The molecule has 16 heavy (non-hydrogen) atoms. The van der Waals surface area contributed by atoms with E-state index in [0.29, 0.717) is 12.5 Å². The van der Waals surface area contributed by atoms with E-state index in [0.717, 1.165) is 0 Å². The molecule has 82 valence electrons. The van der Waals surface area contributed by atoms with E-state index in [2.05, 4.69) is 58.0 Å². The van der Waals surface area contributed by atoms with Crippen LogP contribution >= 0.6 is 9.47 Å². The van der Waals surface area contributed by atoms with Gasteiger partial charge < -0.3 is 4.52 Å². The summed E-state index contributed by atoms with van der Waals surface area (Å²) >= 11 is 0. The summed E-state index contributed by atoms with van der Waals surface area (Å²) in [6.45, 7) is 0.679. The first kappa shape index (κ1) is 11.3. The van der Waals surface area contributed by atoms with Gasteiger partial charge in [0.1, 0.15) is 0 Å². The molecular weight excluding hydrogens is 215 g/mol. The Labute approximate surface area is 98.7 Å². The first-order valence-corrected chi connectivity index (χ1v) is 5.80. The fourth-order valence-electron chi connectivity index (χ4n) is 1.85. The van der Waals surface area contributed by atoms with Crippen molar-refractivity contribution >= 4 is 9.47 Å². The van der Waals surface area contributed by atoms with E-state index in [4.69, 9.17) is 4.52 Å². The lowest BCUT2D eigenvalue weighted by atomic mass is 9.92. The van der Waals surface area contributed by atoms with E-state index in [-0.39, 0.29) is 0 Å². The van der Waals surface area contributed by atoms with Crippen molar-refractivity contribution in [3.05, 3.63) is 71.8 Å². The Kier molecular flexibility index (Phi) is 4.10. The van der Waals surface area contributed by atoms with Crippen molar-refractivity contribution in [2.75, 3.05) is 6.61 Å². The summed E-state index contributed by atoms with van der Waals surface area (Å²) in [5.41, 5.74) is 2.58. The van der Waals surface area contributed by atoms with E-state index in [1.807, 2.05) is 12.1 Å². The topological polar surface area (TPSA) is 9.23 Å². The highest BCUT2D eigenvalue weighted by molar-refractivity contribution is 7.09. The standard InChI is InChI=1S/C14H15OP/c16-15-11-14(12-7-3-1-4-8-12)13-9-5-2-6-10-13/h1-10,14H,11,16H2. The highest BCUT2D eigenvalue weighted by atomic mass is 31.0. The van der Waals surface area contributed by atoms with Gasteiger partial charge in [-0.1, -0.05) is 60.7 Å². The van der Waals surface area contributed by atoms with Gasteiger partial charge in [-0.25, -0.2) is 0 Å². The molecule has 0 aromatic heterocycles. The fourth-order valence-corrected chi connectivity index (χ4v) is 2.04. The zero-order valence-corrected chi connectivity index (χ0v) is 10.2. The number of hydrogen-bond donors (Lipinski definition) is 0. The van der Waals surface area contributed by atoms with Crippen LogP contribution in [0.25, 0.3) is 0 Å². The monoisotopic (exact) mass is 230 g/mol. The first-order chi connectivity index (χ1) is 7.92. The highest BCUT2D eigenvalue weighted by Gasteiger charge is 2.12. The van der Waals surface area contributed by atoms with Crippen LogP contribution in [0.3, 0.4) is 0 Å². The molecule has 0 radical (unpaired) electrons. The molecule has 1 atom stereocenters. The average Bonchev–Trinajstić information content (AvgIpc) is 2.38. The minimum atomic E-state index is 0.305. The lowest BCUT2D eigenvalue weighted by Gasteiger charge is -2.16. The van der Waals surface area contributed by atoms with Gasteiger partial charge in [-0.15, -0.1) is 0 Å². The van der Waals surface area contributed by atoms with Crippen molar-refractivity contribution in [2.45, 2.75) is 5.92 Å². The molecule has 0 heterocycles. The molecule has 0 bridgehead atoms.